The van der Waals surface area contributed by atoms with E-state index in [2.05, 4.69) is 4.98 Å². The van der Waals surface area contributed by atoms with Gasteiger partial charge in [-0.25, -0.2) is 13.4 Å². The predicted molar refractivity (Wildman–Crippen MR) is 72.4 cm³/mol. The molecule has 5 nitrogen and oxygen atoms in total. The maximum absolute atomic E-state index is 11.6. The summed E-state index contributed by atoms with van der Waals surface area (Å²) in [6.45, 7) is 0.838. The Morgan fingerprint density at radius 1 is 1.35 bits per heavy atom. The molecule has 8 heteroatoms. The fourth-order valence-electron chi connectivity index (χ4n) is 1.62. The fraction of sp³-hybridized carbons (Fsp3) is 0.444. The summed E-state index contributed by atoms with van der Waals surface area (Å²) >= 11 is 0. The molecule has 0 unspecified atom stereocenters. The van der Waals surface area contributed by atoms with Crippen molar-refractivity contribution in [3.63, 3.8) is 0 Å². The van der Waals surface area contributed by atoms with Crippen molar-refractivity contribution >= 4 is 40.7 Å². The van der Waals surface area contributed by atoms with Crippen molar-refractivity contribution in [2.75, 3.05) is 16.6 Å². The van der Waals surface area contributed by atoms with Gasteiger partial charge in [-0.3, -0.25) is 4.31 Å². The first-order chi connectivity index (χ1) is 7.13. The van der Waals surface area contributed by atoms with Gasteiger partial charge in [-0.05, 0) is 18.6 Å². The van der Waals surface area contributed by atoms with Crippen LogP contribution in [-0.4, -0.2) is 25.7 Å². The zero-order valence-corrected chi connectivity index (χ0v) is 11.5. The van der Waals surface area contributed by atoms with Gasteiger partial charge in [-0.2, -0.15) is 0 Å². The Morgan fingerprint density at radius 2 is 2.06 bits per heavy atom. The minimum Gasteiger partial charge on any atom is -0.325 e. The van der Waals surface area contributed by atoms with E-state index in [-0.39, 0.29) is 30.6 Å². The number of aromatic nitrogens is 1. The Morgan fingerprint density at radius 3 is 2.59 bits per heavy atom. The first-order valence-electron chi connectivity index (χ1n) is 4.80. The number of sulfonamides is 1. The summed E-state index contributed by atoms with van der Waals surface area (Å²) in [6, 6.07) is 5.26. The Bertz CT molecular complexity index is 467. The molecule has 0 saturated carbocycles. The second-order valence-corrected chi connectivity index (χ2v) is 5.45. The highest BCUT2D eigenvalue weighted by atomic mass is 35.5. The number of hydrogen-bond acceptors (Lipinski definition) is 4. The summed E-state index contributed by atoms with van der Waals surface area (Å²) in [7, 11) is -3.14. The van der Waals surface area contributed by atoms with Crippen molar-refractivity contribution in [3.05, 3.63) is 23.9 Å². The van der Waals surface area contributed by atoms with Crippen LogP contribution in [-0.2, 0) is 16.6 Å². The molecular formula is C9H15Cl2N3O2S. The van der Waals surface area contributed by atoms with Gasteiger partial charge in [0.15, 0.2) is 0 Å². The van der Waals surface area contributed by atoms with E-state index in [4.69, 9.17) is 5.73 Å². The topological polar surface area (TPSA) is 76.3 Å². The predicted octanol–water partition coefficient (Wildman–Crippen LogP) is 0.924. The summed E-state index contributed by atoms with van der Waals surface area (Å²) in [5.74, 6) is 0.692. The molecule has 0 radical (unpaired) electrons. The maximum Gasteiger partial charge on any atom is 0.236 e. The zero-order chi connectivity index (χ0) is 10.9. The van der Waals surface area contributed by atoms with Gasteiger partial charge in [0.05, 0.1) is 11.4 Å². The van der Waals surface area contributed by atoms with Crippen LogP contribution < -0.4 is 10.0 Å². The van der Waals surface area contributed by atoms with E-state index >= 15 is 0 Å². The number of pyridine rings is 1. The van der Waals surface area contributed by atoms with Crippen LogP contribution in [0.1, 0.15) is 12.1 Å². The normalized spacial score (nSPS) is 17.1. The SMILES string of the molecule is Cl.Cl.NCc1cccc(N2CCCS2(=O)=O)n1. The van der Waals surface area contributed by atoms with Gasteiger partial charge < -0.3 is 5.73 Å². The number of halogens is 2. The second kappa shape index (κ2) is 6.39. The van der Waals surface area contributed by atoms with Crippen LogP contribution in [0.3, 0.4) is 0 Å². The molecule has 0 amide bonds. The molecule has 0 bridgehead atoms. The third-order valence-corrected chi connectivity index (χ3v) is 4.20. The second-order valence-electron chi connectivity index (χ2n) is 3.43. The molecule has 1 fully saturated rings. The van der Waals surface area contributed by atoms with Crippen LogP contribution >= 0.6 is 24.8 Å². The summed E-state index contributed by atoms with van der Waals surface area (Å²) in [5, 5.41) is 0. The van der Waals surface area contributed by atoms with Crippen LogP contribution in [0.15, 0.2) is 18.2 Å². The van der Waals surface area contributed by atoms with Crippen molar-refractivity contribution < 1.29 is 8.42 Å². The van der Waals surface area contributed by atoms with E-state index in [1.807, 2.05) is 0 Å². The van der Waals surface area contributed by atoms with E-state index in [9.17, 15) is 8.42 Å². The molecule has 1 saturated heterocycles. The lowest BCUT2D eigenvalue weighted by atomic mass is 10.3. The fourth-order valence-corrected chi connectivity index (χ4v) is 3.12. The summed E-state index contributed by atoms with van der Waals surface area (Å²) in [6.07, 6.45) is 0.664. The molecule has 0 spiro atoms. The molecule has 98 valence electrons. The number of rotatable bonds is 2. The third kappa shape index (κ3) is 3.45. The van der Waals surface area contributed by atoms with Crippen LogP contribution in [0, 0.1) is 0 Å². The van der Waals surface area contributed by atoms with Gasteiger partial charge in [0.25, 0.3) is 0 Å². The molecule has 17 heavy (non-hydrogen) atoms. The Labute approximate surface area is 113 Å². The zero-order valence-electron chi connectivity index (χ0n) is 9.07. The highest BCUT2D eigenvalue weighted by Gasteiger charge is 2.29. The Kier molecular flexibility index (Phi) is 6.18. The van der Waals surface area contributed by atoms with E-state index in [0.717, 1.165) is 0 Å². The number of hydrogen-bond donors (Lipinski definition) is 1. The largest absolute Gasteiger partial charge is 0.325 e. The Balaban J connectivity index is 0.00000128. The number of nitrogens with two attached hydrogens (primary N) is 1. The van der Waals surface area contributed by atoms with Crippen LogP contribution in [0.5, 0.6) is 0 Å². The first-order valence-corrected chi connectivity index (χ1v) is 6.41. The van der Waals surface area contributed by atoms with Crippen molar-refractivity contribution in [3.8, 4) is 0 Å². The van der Waals surface area contributed by atoms with Gasteiger partial charge in [0.1, 0.15) is 5.82 Å². The molecule has 2 rings (SSSR count). The van der Waals surface area contributed by atoms with Crippen molar-refractivity contribution in [1.82, 2.24) is 4.98 Å². The van der Waals surface area contributed by atoms with E-state index < -0.39 is 10.0 Å². The molecule has 1 aliphatic heterocycles. The standard InChI is InChI=1S/C9H13N3O2S.2ClH/c10-7-8-3-1-4-9(11-8)12-5-2-6-15(12,13)14;;/h1,3-4H,2,5-7,10H2;2*1H. The van der Waals surface area contributed by atoms with Gasteiger partial charge in [-0.1, -0.05) is 6.07 Å². The van der Waals surface area contributed by atoms with Gasteiger partial charge in [0.2, 0.25) is 10.0 Å². The van der Waals surface area contributed by atoms with Crippen LogP contribution in [0.4, 0.5) is 5.82 Å². The third-order valence-electron chi connectivity index (χ3n) is 2.36. The average molecular weight is 300 g/mol. The number of nitrogens with zero attached hydrogens (tertiary/aromatic N) is 2. The monoisotopic (exact) mass is 299 g/mol. The molecule has 1 aromatic heterocycles. The highest BCUT2D eigenvalue weighted by molar-refractivity contribution is 7.93. The summed E-state index contributed by atoms with van der Waals surface area (Å²) in [4.78, 5) is 4.19. The first kappa shape index (κ1) is 16.4. The smallest absolute Gasteiger partial charge is 0.236 e. The highest BCUT2D eigenvalue weighted by Crippen LogP contribution is 2.21. The minimum atomic E-state index is -3.14. The van der Waals surface area contributed by atoms with E-state index in [1.165, 1.54) is 4.31 Å². The molecule has 1 aliphatic rings. The maximum atomic E-state index is 11.6. The molecule has 0 aliphatic carbocycles. The van der Waals surface area contributed by atoms with Gasteiger partial charge in [0, 0.05) is 13.1 Å². The number of anilines is 1. The summed E-state index contributed by atoms with van der Waals surface area (Å²) < 4.78 is 24.6. The van der Waals surface area contributed by atoms with Crippen molar-refractivity contribution in [2.24, 2.45) is 5.73 Å². The Hall–Kier alpha value is -0.560. The minimum absolute atomic E-state index is 0. The quantitative estimate of drug-likeness (QED) is 0.881. The summed E-state index contributed by atoms with van der Waals surface area (Å²) in [5.41, 5.74) is 6.16. The van der Waals surface area contributed by atoms with Gasteiger partial charge in [-0.15, -0.1) is 24.8 Å². The van der Waals surface area contributed by atoms with Gasteiger partial charge >= 0.3 is 0 Å². The van der Waals surface area contributed by atoms with Crippen molar-refractivity contribution in [2.45, 2.75) is 13.0 Å². The molecule has 2 heterocycles. The van der Waals surface area contributed by atoms with E-state index in [0.29, 0.717) is 31.0 Å². The molecule has 1 aromatic rings. The average Bonchev–Trinajstić information content (AvgIpc) is 2.58. The lowest BCUT2D eigenvalue weighted by Gasteiger charge is -2.15. The molecule has 2 N–H and O–H groups in total. The van der Waals surface area contributed by atoms with Crippen molar-refractivity contribution in [1.29, 1.82) is 0 Å². The van der Waals surface area contributed by atoms with Crippen LogP contribution in [0.2, 0.25) is 0 Å². The lowest BCUT2D eigenvalue weighted by molar-refractivity contribution is 0.599. The molecular weight excluding hydrogens is 285 g/mol. The molecule has 0 atom stereocenters. The van der Waals surface area contributed by atoms with E-state index in [1.54, 1.807) is 18.2 Å². The lowest BCUT2D eigenvalue weighted by Crippen LogP contribution is -2.26. The molecule has 0 aromatic carbocycles. The van der Waals surface area contributed by atoms with Crippen LogP contribution in [0.25, 0.3) is 0 Å².